The molecule has 0 aliphatic heterocycles. The summed E-state index contributed by atoms with van der Waals surface area (Å²) in [5.41, 5.74) is 8.23. The summed E-state index contributed by atoms with van der Waals surface area (Å²) in [4.78, 5) is 61.3. The summed E-state index contributed by atoms with van der Waals surface area (Å²) >= 11 is 0. The number of rotatable bonds is 10. The smallest absolute Gasteiger partial charge is 0.412 e. The van der Waals surface area contributed by atoms with Crippen LogP contribution in [0.4, 0.5) is 10.5 Å². The van der Waals surface area contributed by atoms with E-state index in [0.29, 0.717) is 23.0 Å². The van der Waals surface area contributed by atoms with Crippen LogP contribution >= 0.6 is 0 Å². The lowest BCUT2D eigenvalue weighted by atomic mass is 9.99. The molecule has 0 saturated carbocycles. The first-order chi connectivity index (χ1) is 26.2. The fourth-order valence-corrected chi connectivity index (χ4v) is 6.30. The molecular formula is C41H53N7O7. The van der Waals surface area contributed by atoms with Crippen LogP contribution in [0.5, 0.6) is 0 Å². The Hall–Kier alpha value is -5.37. The predicted molar refractivity (Wildman–Crippen MR) is 205 cm³/mol. The van der Waals surface area contributed by atoms with Crippen LogP contribution in [0.25, 0.3) is 0 Å². The Balaban J connectivity index is 0.000000232. The van der Waals surface area contributed by atoms with Crippen LogP contribution in [-0.2, 0) is 62.3 Å². The Labute approximate surface area is 322 Å². The van der Waals surface area contributed by atoms with Crippen molar-refractivity contribution in [3.8, 4) is 0 Å². The highest BCUT2D eigenvalue weighted by Crippen LogP contribution is 2.38. The zero-order valence-electron chi connectivity index (χ0n) is 33.1. The summed E-state index contributed by atoms with van der Waals surface area (Å²) in [6.45, 7) is 14.4. The van der Waals surface area contributed by atoms with E-state index in [-0.39, 0.29) is 25.0 Å². The maximum atomic E-state index is 12.9. The SMILES string of the molecule is Cc1ccnc(C)n1.Cc1nccc(CC(O)C(=O)OC(C)C)n1.Cc1nccc(CC(OC(=O)Nc2c3c(cc4c2CCC4)CCC3)C(=O)OC(C)C)n1. The molecule has 1 amide bonds. The van der Waals surface area contributed by atoms with Gasteiger partial charge in [0.1, 0.15) is 17.5 Å². The molecule has 0 bridgehead atoms. The molecule has 294 valence electrons. The quantitative estimate of drug-likeness (QED) is 0.150. The van der Waals surface area contributed by atoms with Gasteiger partial charge in [-0.2, -0.15) is 0 Å². The van der Waals surface area contributed by atoms with Crippen LogP contribution in [0.15, 0.2) is 42.9 Å². The number of esters is 2. The van der Waals surface area contributed by atoms with E-state index in [4.69, 9.17) is 14.2 Å². The number of nitrogens with zero attached hydrogens (tertiary/aromatic N) is 6. The third-order valence-corrected chi connectivity index (χ3v) is 8.57. The first kappa shape index (κ1) is 42.4. The van der Waals surface area contributed by atoms with Crippen LogP contribution in [0.1, 0.15) is 97.3 Å². The molecule has 2 aliphatic carbocycles. The second-order valence-electron chi connectivity index (χ2n) is 14.1. The number of hydrogen-bond donors (Lipinski definition) is 2. The minimum Gasteiger partial charge on any atom is -0.461 e. The highest BCUT2D eigenvalue weighted by Gasteiger charge is 2.29. The average molecular weight is 756 g/mol. The van der Waals surface area contributed by atoms with Crippen molar-refractivity contribution in [3.05, 3.63) is 99.7 Å². The van der Waals surface area contributed by atoms with Crippen LogP contribution in [-0.4, -0.2) is 77.5 Å². The molecule has 3 aromatic heterocycles. The molecule has 2 aliphatic rings. The number of benzene rings is 1. The van der Waals surface area contributed by atoms with Gasteiger partial charge in [0, 0.05) is 48.5 Å². The van der Waals surface area contributed by atoms with Crippen molar-refractivity contribution < 1.29 is 33.7 Å². The number of ether oxygens (including phenoxy) is 3. The van der Waals surface area contributed by atoms with E-state index >= 15 is 0 Å². The van der Waals surface area contributed by atoms with Gasteiger partial charge in [-0.25, -0.2) is 44.3 Å². The molecule has 2 atom stereocenters. The number of hydrogen-bond acceptors (Lipinski definition) is 13. The van der Waals surface area contributed by atoms with Crippen molar-refractivity contribution in [2.24, 2.45) is 0 Å². The third-order valence-electron chi connectivity index (χ3n) is 8.57. The summed E-state index contributed by atoms with van der Waals surface area (Å²) in [5, 5.41) is 12.6. The van der Waals surface area contributed by atoms with Crippen LogP contribution in [0, 0.1) is 27.7 Å². The van der Waals surface area contributed by atoms with Gasteiger partial charge >= 0.3 is 18.0 Å². The summed E-state index contributed by atoms with van der Waals surface area (Å²) in [5.74, 6) is 0.844. The van der Waals surface area contributed by atoms with Gasteiger partial charge in [0.2, 0.25) is 6.10 Å². The number of carbonyl (C=O) groups excluding carboxylic acids is 3. The van der Waals surface area contributed by atoms with Crippen molar-refractivity contribution >= 4 is 23.7 Å². The van der Waals surface area contributed by atoms with Gasteiger partial charge in [-0.3, -0.25) is 5.32 Å². The first-order valence-electron chi connectivity index (χ1n) is 18.7. The van der Waals surface area contributed by atoms with Crippen LogP contribution in [0.2, 0.25) is 0 Å². The number of anilines is 1. The second kappa shape index (κ2) is 20.3. The maximum Gasteiger partial charge on any atom is 0.412 e. The van der Waals surface area contributed by atoms with Crippen molar-refractivity contribution in [1.82, 2.24) is 29.9 Å². The fourth-order valence-electron chi connectivity index (χ4n) is 6.30. The average Bonchev–Trinajstić information content (AvgIpc) is 3.78. The highest BCUT2D eigenvalue weighted by atomic mass is 16.6. The predicted octanol–water partition coefficient (Wildman–Crippen LogP) is 5.61. The first-order valence-corrected chi connectivity index (χ1v) is 18.7. The molecule has 55 heavy (non-hydrogen) atoms. The van der Waals surface area contributed by atoms with E-state index in [1.807, 2.05) is 19.9 Å². The normalized spacial score (nSPS) is 13.7. The zero-order valence-corrected chi connectivity index (χ0v) is 33.1. The summed E-state index contributed by atoms with van der Waals surface area (Å²) in [6.07, 6.45) is 8.03. The molecule has 0 radical (unpaired) electrons. The van der Waals surface area contributed by atoms with Crippen molar-refractivity contribution in [1.29, 1.82) is 0 Å². The summed E-state index contributed by atoms with van der Waals surface area (Å²) in [6, 6.07) is 7.56. The number of carbonyl (C=O) groups is 3. The van der Waals surface area contributed by atoms with Gasteiger partial charge in [-0.05, 0) is 134 Å². The van der Waals surface area contributed by atoms with E-state index in [1.165, 1.54) is 22.3 Å². The lowest BCUT2D eigenvalue weighted by Crippen LogP contribution is -2.34. The maximum absolute atomic E-state index is 12.9. The minimum atomic E-state index is -1.17. The fraction of sp³-hybridized carbons (Fsp3) is 0.488. The second-order valence-corrected chi connectivity index (χ2v) is 14.1. The standard InChI is InChI=1S/C24H29N3O4.C11H16N2O3.C6H8N2/c1-14(2)30-23(28)21(13-18-10-11-25-15(3)26-18)31-24(29)27-22-19-8-4-6-16(19)12-17-7-5-9-20(17)22;1-7(2)16-11(15)10(14)6-9-4-5-12-8(3)13-9;1-5-3-4-7-6(2)8-5/h10-12,14,21H,4-9,13H2,1-3H3,(H,27,29);4-5,7,10,14H,6H2,1-3H3;3-4H,1-2H3. The van der Waals surface area contributed by atoms with E-state index in [9.17, 15) is 19.5 Å². The number of amides is 1. The zero-order chi connectivity index (χ0) is 40.1. The molecule has 14 nitrogen and oxygen atoms in total. The van der Waals surface area contributed by atoms with E-state index in [2.05, 4.69) is 41.3 Å². The Bertz CT molecular complexity index is 1890. The summed E-state index contributed by atoms with van der Waals surface area (Å²) < 4.78 is 15.8. The van der Waals surface area contributed by atoms with Crippen molar-refractivity contribution in [3.63, 3.8) is 0 Å². The number of aliphatic hydroxyl groups excluding tert-OH is 1. The third kappa shape index (κ3) is 13.5. The molecule has 14 heteroatoms. The summed E-state index contributed by atoms with van der Waals surface area (Å²) in [7, 11) is 0. The van der Waals surface area contributed by atoms with Gasteiger partial charge < -0.3 is 19.3 Å². The molecule has 3 heterocycles. The molecule has 0 saturated heterocycles. The van der Waals surface area contributed by atoms with Crippen molar-refractivity contribution in [2.45, 2.75) is 131 Å². The monoisotopic (exact) mass is 755 g/mol. The Kier molecular flexibility index (Phi) is 15.7. The molecule has 2 N–H and O–H groups in total. The highest BCUT2D eigenvalue weighted by molar-refractivity contribution is 5.90. The van der Waals surface area contributed by atoms with E-state index < -0.39 is 30.2 Å². The van der Waals surface area contributed by atoms with Gasteiger partial charge in [-0.1, -0.05) is 6.07 Å². The van der Waals surface area contributed by atoms with Gasteiger partial charge in [0.25, 0.3) is 0 Å². The Morgan fingerprint density at radius 2 is 1.16 bits per heavy atom. The molecule has 0 fully saturated rings. The van der Waals surface area contributed by atoms with Gasteiger partial charge in [0.05, 0.1) is 17.9 Å². The number of aliphatic hydroxyl groups is 1. The van der Waals surface area contributed by atoms with Gasteiger partial charge in [0.15, 0.2) is 6.10 Å². The molecular weight excluding hydrogens is 702 g/mol. The Morgan fingerprint density at radius 1 is 0.673 bits per heavy atom. The molecule has 0 spiro atoms. The number of aryl methyl sites for hydroxylation is 6. The van der Waals surface area contributed by atoms with Crippen LogP contribution < -0.4 is 5.32 Å². The minimum absolute atomic E-state index is 0.132. The van der Waals surface area contributed by atoms with E-state index in [0.717, 1.165) is 55.7 Å². The lowest BCUT2D eigenvalue weighted by Gasteiger charge is -2.20. The number of aromatic nitrogens is 6. The molecule has 1 aromatic carbocycles. The Morgan fingerprint density at radius 3 is 1.64 bits per heavy atom. The van der Waals surface area contributed by atoms with Crippen LogP contribution in [0.3, 0.4) is 0 Å². The largest absolute Gasteiger partial charge is 0.461 e. The molecule has 2 unspecified atom stereocenters. The molecule has 6 rings (SSSR count). The molecule has 4 aromatic rings. The topological polar surface area (TPSA) is 188 Å². The number of fused-ring (bicyclic) bond motifs is 2. The van der Waals surface area contributed by atoms with Gasteiger partial charge in [-0.15, -0.1) is 0 Å². The lowest BCUT2D eigenvalue weighted by molar-refractivity contribution is -0.158. The van der Waals surface area contributed by atoms with Crippen molar-refractivity contribution in [2.75, 3.05) is 5.32 Å². The van der Waals surface area contributed by atoms with E-state index in [1.54, 1.807) is 72.3 Å². The number of nitrogens with one attached hydrogen (secondary N) is 1.